The molecule has 14 heavy (non-hydrogen) atoms. The molecule has 1 rings (SSSR count). The lowest BCUT2D eigenvalue weighted by Crippen LogP contribution is -2.44. The number of rotatable bonds is 4. The molecule has 2 N–H and O–H groups in total. The molecule has 0 aromatic rings. The van der Waals surface area contributed by atoms with Crippen LogP contribution in [0.3, 0.4) is 0 Å². The zero-order valence-corrected chi connectivity index (χ0v) is 8.99. The van der Waals surface area contributed by atoms with Crippen LogP contribution in [-0.2, 0) is 4.79 Å². The van der Waals surface area contributed by atoms with Gasteiger partial charge in [0.2, 0.25) is 5.91 Å². The molecule has 0 aromatic heterocycles. The zero-order valence-electron chi connectivity index (χ0n) is 8.99. The van der Waals surface area contributed by atoms with Gasteiger partial charge in [-0.1, -0.05) is 13.8 Å². The molecule has 1 aliphatic heterocycles. The molecule has 0 radical (unpaired) electrons. The lowest BCUT2D eigenvalue weighted by molar-refractivity contribution is -0.132. The molecule has 82 valence electrons. The monoisotopic (exact) mass is 200 g/mol. The van der Waals surface area contributed by atoms with Crippen LogP contribution in [0.1, 0.15) is 20.3 Å². The van der Waals surface area contributed by atoms with E-state index in [0.717, 1.165) is 19.5 Å². The van der Waals surface area contributed by atoms with Crippen LogP contribution in [0.25, 0.3) is 0 Å². The molecule has 0 aromatic carbocycles. The van der Waals surface area contributed by atoms with Gasteiger partial charge in [0, 0.05) is 6.54 Å². The summed E-state index contributed by atoms with van der Waals surface area (Å²) in [5, 5.41) is 12.2. The van der Waals surface area contributed by atoms with E-state index in [-0.39, 0.29) is 18.6 Å². The molecule has 2 unspecified atom stereocenters. The molecular weight excluding hydrogens is 180 g/mol. The van der Waals surface area contributed by atoms with Gasteiger partial charge in [0.25, 0.3) is 0 Å². The number of carbonyl (C=O) groups is 1. The van der Waals surface area contributed by atoms with Crippen molar-refractivity contribution in [3.05, 3.63) is 0 Å². The van der Waals surface area contributed by atoms with E-state index in [4.69, 9.17) is 5.11 Å². The van der Waals surface area contributed by atoms with Gasteiger partial charge >= 0.3 is 0 Å². The fourth-order valence-corrected chi connectivity index (χ4v) is 1.93. The number of likely N-dealkylation sites (N-methyl/N-ethyl adjacent to an activating group) is 1. The van der Waals surface area contributed by atoms with Gasteiger partial charge in [0.1, 0.15) is 0 Å². The van der Waals surface area contributed by atoms with Crippen LogP contribution in [0.2, 0.25) is 0 Å². The standard InChI is InChI=1S/C10H20N2O2/c1-3-11-6-10(14)12-5-4-8(2)9(12)7-13/h8-9,11,13H,3-7H2,1-2H3. The zero-order chi connectivity index (χ0) is 10.6. The molecule has 0 aliphatic carbocycles. The summed E-state index contributed by atoms with van der Waals surface area (Å²) in [5.41, 5.74) is 0. The van der Waals surface area contributed by atoms with Gasteiger partial charge in [-0.05, 0) is 18.9 Å². The Balaban J connectivity index is 2.46. The Hall–Kier alpha value is -0.610. The number of nitrogens with one attached hydrogen (secondary N) is 1. The van der Waals surface area contributed by atoms with Gasteiger partial charge in [-0.2, -0.15) is 0 Å². The summed E-state index contributed by atoms with van der Waals surface area (Å²) in [6.07, 6.45) is 1.00. The number of carbonyl (C=O) groups excluding carboxylic acids is 1. The topological polar surface area (TPSA) is 52.6 Å². The average molecular weight is 200 g/mol. The van der Waals surface area contributed by atoms with Crippen molar-refractivity contribution in [1.82, 2.24) is 10.2 Å². The van der Waals surface area contributed by atoms with Gasteiger partial charge in [-0.15, -0.1) is 0 Å². The first-order valence-electron chi connectivity index (χ1n) is 5.31. The molecule has 0 spiro atoms. The molecule has 4 heteroatoms. The van der Waals surface area contributed by atoms with Crippen LogP contribution in [0, 0.1) is 5.92 Å². The molecule has 1 saturated heterocycles. The minimum absolute atomic E-state index is 0.0288. The molecule has 0 saturated carbocycles. The molecule has 2 atom stereocenters. The smallest absolute Gasteiger partial charge is 0.236 e. The Bertz CT molecular complexity index is 197. The largest absolute Gasteiger partial charge is 0.394 e. The summed E-state index contributed by atoms with van der Waals surface area (Å²) >= 11 is 0. The lowest BCUT2D eigenvalue weighted by atomic mass is 10.0. The van der Waals surface area contributed by atoms with Crippen molar-refractivity contribution in [3.8, 4) is 0 Å². The summed E-state index contributed by atoms with van der Waals surface area (Å²) in [6.45, 7) is 6.12. The highest BCUT2D eigenvalue weighted by Crippen LogP contribution is 2.23. The van der Waals surface area contributed by atoms with E-state index in [1.165, 1.54) is 0 Å². The summed E-state index contributed by atoms with van der Waals surface area (Å²) in [4.78, 5) is 13.5. The molecule has 1 heterocycles. The normalized spacial score (nSPS) is 26.9. The van der Waals surface area contributed by atoms with Gasteiger partial charge in [0.15, 0.2) is 0 Å². The Morgan fingerprint density at radius 2 is 2.36 bits per heavy atom. The van der Waals surface area contributed by atoms with E-state index in [0.29, 0.717) is 12.5 Å². The van der Waals surface area contributed by atoms with Crippen molar-refractivity contribution in [3.63, 3.8) is 0 Å². The molecule has 1 amide bonds. The molecule has 4 nitrogen and oxygen atoms in total. The van der Waals surface area contributed by atoms with Gasteiger partial charge in [0.05, 0.1) is 19.2 Å². The minimum atomic E-state index is 0.0288. The van der Waals surface area contributed by atoms with E-state index in [1.54, 1.807) is 4.90 Å². The van der Waals surface area contributed by atoms with Crippen LogP contribution in [0.15, 0.2) is 0 Å². The number of nitrogens with zero attached hydrogens (tertiary/aromatic N) is 1. The Morgan fingerprint density at radius 1 is 1.64 bits per heavy atom. The number of amides is 1. The third kappa shape index (κ3) is 2.45. The first kappa shape index (κ1) is 11.5. The van der Waals surface area contributed by atoms with Crippen molar-refractivity contribution >= 4 is 5.91 Å². The predicted octanol–water partition coefficient (Wildman–Crippen LogP) is -0.175. The van der Waals surface area contributed by atoms with Gasteiger partial charge in [-0.3, -0.25) is 4.79 Å². The average Bonchev–Trinajstić information content (AvgIpc) is 2.55. The van der Waals surface area contributed by atoms with Crippen molar-refractivity contribution in [2.45, 2.75) is 26.3 Å². The minimum Gasteiger partial charge on any atom is -0.394 e. The van der Waals surface area contributed by atoms with E-state index in [9.17, 15) is 4.79 Å². The third-order valence-electron chi connectivity index (χ3n) is 2.92. The van der Waals surface area contributed by atoms with Gasteiger partial charge < -0.3 is 15.3 Å². The summed E-state index contributed by atoms with van der Waals surface area (Å²) < 4.78 is 0. The van der Waals surface area contributed by atoms with E-state index < -0.39 is 0 Å². The summed E-state index contributed by atoms with van der Waals surface area (Å²) in [5.74, 6) is 0.529. The summed E-state index contributed by atoms with van der Waals surface area (Å²) in [7, 11) is 0. The third-order valence-corrected chi connectivity index (χ3v) is 2.92. The second-order valence-corrected chi connectivity index (χ2v) is 3.88. The number of hydrogen-bond donors (Lipinski definition) is 2. The van der Waals surface area contributed by atoms with Crippen molar-refractivity contribution < 1.29 is 9.90 Å². The predicted molar refractivity (Wildman–Crippen MR) is 54.9 cm³/mol. The number of likely N-dealkylation sites (tertiary alicyclic amines) is 1. The lowest BCUT2D eigenvalue weighted by Gasteiger charge is -2.25. The number of aliphatic hydroxyl groups excluding tert-OH is 1. The van der Waals surface area contributed by atoms with Crippen LogP contribution < -0.4 is 5.32 Å². The van der Waals surface area contributed by atoms with Crippen LogP contribution in [0.4, 0.5) is 0 Å². The Morgan fingerprint density at radius 3 is 2.93 bits per heavy atom. The van der Waals surface area contributed by atoms with Crippen molar-refractivity contribution in [2.24, 2.45) is 5.92 Å². The fourth-order valence-electron chi connectivity index (χ4n) is 1.93. The maximum Gasteiger partial charge on any atom is 0.236 e. The highest BCUT2D eigenvalue weighted by molar-refractivity contribution is 5.78. The first-order chi connectivity index (χ1) is 6.70. The van der Waals surface area contributed by atoms with Crippen LogP contribution in [0.5, 0.6) is 0 Å². The second kappa shape index (κ2) is 5.32. The summed E-state index contributed by atoms with van der Waals surface area (Å²) in [6, 6.07) is 0.0288. The van der Waals surface area contributed by atoms with Crippen LogP contribution >= 0.6 is 0 Å². The second-order valence-electron chi connectivity index (χ2n) is 3.88. The Labute approximate surface area is 85.3 Å². The van der Waals surface area contributed by atoms with Gasteiger partial charge in [-0.25, -0.2) is 0 Å². The first-order valence-corrected chi connectivity index (χ1v) is 5.31. The number of hydrogen-bond acceptors (Lipinski definition) is 3. The highest BCUT2D eigenvalue weighted by atomic mass is 16.3. The molecule has 1 aliphatic rings. The SMILES string of the molecule is CCNCC(=O)N1CCC(C)C1CO. The van der Waals surface area contributed by atoms with Crippen LogP contribution in [-0.4, -0.2) is 48.2 Å². The van der Waals surface area contributed by atoms with E-state index in [1.807, 2.05) is 6.92 Å². The fraction of sp³-hybridized carbons (Fsp3) is 0.900. The number of aliphatic hydroxyl groups is 1. The molecule has 0 bridgehead atoms. The Kier molecular flexibility index (Phi) is 4.35. The van der Waals surface area contributed by atoms with Crippen molar-refractivity contribution in [1.29, 1.82) is 0 Å². The maximum atomic E-state index is 11.7. The van der Waals surface area contributed by atoms with Crippen molar-refractivity contribution in [2.75, 3.05) is 26.2 Å². The molecule has 1 fully saturated rings. The maximum absolute atomic E-state index is 11.7. The quantitative estimate of drug-likeness (QED) is 0.662. The highest BCUT2D eigenvalue weighted by Gasteiger charge is 2.33. The van der Waals surface area contributed by atoms with E-state index >= 15 is 0 Å². The molecular formula is C10H20N2O2. The van der Waals surface area contributed by atoms with E-state index in [2.05, 4.69) is 12.2 Å².